The third-order valence-electron chi connectivity index (χ3n) is 2.75. The molecule has 0 bridgehead atoms. The zero-order valence-electron chi connectivity index (χ0n) is 13.7. The van der Waals surface area contributed by atoms with Crippen molar-refractivity contribution < 1.29 is 9.47 Å². The summed E-state index contributed by atoms with van der Waals surface area (Å²) in [5.41, 5.74) is 5.73. The number of nitrogens with zero attached hydrogens (tertiary/aromatic N) is 1. The molecule has 0 aromatic heterocycles. The van der Waals surface area contributed by atoms with Crippen LogP contribution in [0.25, 0.3) is 0 Å². The fourth-order valence-corrected chi connectivity index (χ4v) is 1.38. The lowest BCUT2D eigenvalue weighted by molar-refractivity contribution is 0.127. The molecule has 0 unspecified atom stereocenters. The molecule has 0 aliphatic carbocycles. The highest BCUT2D eigenvalue weighted by Crippen LogP contribution is 1.98. The van der Waals surface area contributed by atoms with Crippen LogP contribution in [0.5, 0.6) is 0 Å². The largest absolute Gasteiger partial charge is 0.380 e. The lowest BCUT2D eigenvalue weighted by atomic mass is 10.1. The fraction of sp³-hybridized carbons (Fsp3) is 0.933. The highest BCUT2D eigenvalue weighted by Gasteiger charge is 1.96. The van der Waals surface area contributed by atoms with E-state index in [0.717, 1.165) is 26.1 Å². The quantitative estimate of drug-likeness (QED) is 0.327. The molecule has 120 valence electrons. The Balaban J connectivity index is 3.33. The Morgan fingerprint density at radius 3 is 2.05 bits per heavy atom. The van der Waals surface area contributed by atoms with E-state index in [9.17, 15) is 0 Å². The van der Waals surface area contributed by atoms with Gasteiger partial charge in [-0.3, -0.25) is 4.99 Å². The van der Waals surface area contributed by atoms with Gasteiger partial charge in [0.05, 0.1) is 19.8 Å². The van der Waals surface area contributed by atoms with Crippen molar-refractivity contribution in [3.63, 3.8) is 0 Å². The van der Waals surface area contributed by atoms with Gasteiger partial charge in [-0.25, -0.2) is 0 Å². The highest BCUT2D eigenvalue weighted by molar-refractivity contribution is 5.77. The van der Waals surface area contributed by atoms with Gasteiger partial charge in [0.1, 0.15) is 0 Å². The van der Waals surface area contributed by atoms with Crippen molar-refractivity contribution in [2.75, 3.05) is 39.5 Å². The smallest absolute Gasteiger partial charge is 0.188 e. The van der Waals surface area contributed by atoms with E-state index in [2.05, 4.69) is 38.0 Å². The Hall–Kier alpha value is -0.810. The summed E-state index contributed by atoms with van der Waals surface area (Å²) in [5, 5.41) is 3.03. The van der Waals surface area contributed by atoms with Crippen LogP contribution in [-0.2, 0) is 9.47 Å². The first-order valence-corrected chi connectivity index (χ1v) is 7.71. The van der Waals surface area contributed by atoms with Gasteiger partial charge in [0, 0.05) is 19.8 Å². The Labute approximate surface area is 124 Å². The number of hydrogen-bond acceptors (Lipinski definition) is 3. The SMILES string of the molecule is CC(C)CCOCCN=C(N)NCCOCCC(C)C. The maximum atomic E-state index is 5.73. The maximum absolute atomic E-state index is 5.73. The van der Waals surface area contributed by atoms with Gasteiger partial charge in [-0.2, -0.15) is 0 Å². The van der Waals surface area contributed by atoms with Crippen LogP contribution in [0.1, 0.15) is 40.5 Å². The summed E-state index contributed by atoms with van der Waals surface area (Å²) in [6.07, 6.45) is 2.18. The standard InChI is InChI=1S/C15H33N3O2/c1-13(2)5-9-19-11-7-17-15(16)18-8-12-20-10-6-14(3)4/h13-14H,5-12H2,1-4H3,(H3,16,17,18). The van der Waals surface area contributed by atoms with E-state index in [0.29, 0.717) is 44.1 Å². The second-order valence-electron chi connectivity index (χ2n) is 5.78. The summed E-state index contributed by atoms with van der Waals surface area (Å²) in [6, 6.07) is 0. The first-order chi connectivity index (χ1) is 9.52. The van der Waals surface area contributed by atoms with Gasteiger partial charge in [0.15, 0.2) is 5.96 Å². The van der Waals surface area contributed by atoms with Crippen molar-refractivity contribution in [1.82, 2.24) is 5.32 Å². The molecule has 0 fully saturated rings. The van der Waals surface area contributed by atoms with Crippen LogP contribution in [0.3, 0.4) is 0 Å². The van der Waals surface area contributed by atoms with E-state index >= 15 is 0 Å². The summed E-state index contributed by atoms with van der Waals surface area (Å²) >= 11 is 0. The number of nitrogens with one attached hydrogen (secondary N) is 1. The molecule has 0 atom stereocenters. The molecule has 20 heavy (non-hydrogen) atoms. The average molecular weight is 287 g/mol. The molecule has 0 radical (unpaired) electrons. The first-order valence-electron chi connectivity index (χ1n) is 7.71. The van der Waals surface area contributed by atoms with Gasteiger partial charge in [0.2, 0.25) is 0 Å². The molecule has 0 saturated carbocycles. The summed E-state index contributed by atoms with van der Waals surface area (Å²) < 4.78 is 10.9. The molecule has 5 nitrogen and oxygen atoms in total. The van der Waals surface area contributed by atoms with Crippen molar-refractivity contribution in [3.05, 3.63) is 0 Å². The maximum Gasteiger partial charge on any atom is 0.188 e. The molecule has 0 spiro atoms. The molecule has 0 aliphatic heterocycles. The molecular formula is C15H33N3O2. The second kappa shape index (κ2) is 13.2. The minimum atomic E-state index is 0.463. The Morgan fingerprint density at radius 1 is 0.950 bits per heavy atom. The number of nitrogens with two attached hydrogens (primary N) is 1. The van der Waals surface area contributed by atoms with Crippen LogP contribution in [0.15, 0.2) is 4.99 Å². The molecule has 0 amide bonds. The predicted molar refractivity (Wildman–Crippen MR) is 85.0 cm³/mol. The lowest BCUT2D eigenvalue weighted by Crippen LogP contribution is -2.34. The normalized spacial score (nSPS) is 12.4. The van der Waals surface area contributed by atoms with Gasteiger partial charge in [-0.15, -0.1) is 0 Å². The van der Waals surface area contributed by atoms with Gasteiger partial charge < -0.3 is 20.5 Å². The van der Waals surface area contributed by atoms with Gasteiger partial charge >= 0.3 is 0 Å². The molecule has 3 N–H and O–H groups in total. The van der Waals surface area contributed by atoms with Crippen molar-refractivity contribution in [2.45, 2.75) is 40.5 Å². The van der Waals surface area contributed by atoms with E-state index < -0.39 is 0 Å². The van der Waals surface area contributed by atoms with Crippen LogP contribution < -0.4 is 11.1 Å². The zero-order chi connectivity index (χ0) is 15.2. The van der Waals surface area contributed by atoms with E-state index in [-0.39, 0.29) is 0 Å². The lowest BCUT2D eigenvalue weighted by Gasteiger charge is -2.08. The third kappa shape index (κ3) is 15.2. The van der Waals surface area contributed by atoms with Crippen LogP contribution in [0.4, 0.5) is 0 Å². The van der Waals surface area contributed by atoms with E-state index in [1.54, 1.807) is 0 Å². The van der Waals surface area contributed by atoms with Crippen LogP contribution in [0.2, 0.25) is 0 Å². The Morgan fingerprint density at radius 2 is 1.50 bits per heavy atom. The molecule has 0 aliphatic rings. The molecule has 0 saturated heterocycles. The monoisotopic (exact) mass is 287 g/mol. The van der Waals surface area contributed by atoms with Crippen LogP contribution >= 0.6 is 0 Å². The van der Waals surface area contributed by atoms with E-state index in [1.165, 1.54) is 0 Å². The molecule has 0 heterocycles. The second-order valence-corrected chi connectivity index (χ2v) is 5.78. The topological polar surface area (TPSA) is 68.9 Å². The number of hydrogen-bond donors (Lipinski definition) is 2. The summed E-state index contributed by atoms with van der Waals surface area (Å²) in [6.45, 7) is 12.9. The van der Waals surface area contributed by atoms with E-state index in [1.807, 2.05) is 0 Å². The highest BCUT2D eigenvalue weighted by atomic mass is 16.5. The molecule has 0 rings (SSSR count). The minimum absolute atomic E-state index is 0.463. The van der Waals surface area contributed by atoms with Crippen LogP contribution in [0, 0.1) is 11.8 Å². The van der Waals surface area contributed by atoms with Gasteiger partial charge in [-0.1, -0.05) is 27.7 Å². The molecular weight excluding hydrogens is 254 g/mol. The minimum Gasteiger partial charge on any atom is -0.380 e. The summed E-state index contributed by atoms with van der Waals surface area (Å²) in [7, 11) is 0. The van der Waals surface area contributed by atoms with Crippen LogP contribution in [-0.4, -0.2) is 45.5 Å². The molecule has 5 heteroatoms. The Kier molecular flexibility index (Phi) is 12.7. The molecule has 0 aromatic rings. The predicted octanol–water partition coefficient (Wildman–Crippen LogP) is 2.02. The number of aliphatic imine (C=N–C) groups is 1. The van der Waals surface area contributed by atoms with E-state index in [4.69, 9.17) is 15.2 Å². The van der Waals surface area contributed by atoms with Crippen molar-refractivity contribution in [1.29, 1.82) is 0 Å². The van der Waals surface area contributed by atoms with Crippen molar-refractivity contribution in [2.24, 2.45) is 22.6 Å². The van der Waals surface area contributed by atoms with Gasteiger partial charge in [-0.05, 0) is 24.7 Å². The zero-order valence-corrected chi connectivity index (χ0v) is 13.7. The fourth-order valence-electron chi connectivity index (χ4n) is 1.38. The number of rotatable bonds is 12. The summed E-state index contributed by atoms with van der Waals surface area (Å²) in [4.78, 5) is 4.19. The third-order valence-corrected chi connectivity index (χ3v) is 2.75. The Bertz CT molecular complexity index is 243. The average Bonchev–Trinajstić information content (AvgIpc) is 2.37. The molecule has 0 aromatic carbocycles. The first kappa shape index (κ1) is 19.2. The van der Waals surface area contributed by atoms with Gasteiger partial charge in [0.25, 0.3) is 0 Å². The summed E-state index contributed by atoms with van der Waals surface area (Å²) in [5.74, 6) is 1.83. The number of ether oxygens (including phenoxy) is 2. The number of guanidine groups is 1. The van der Waals surface area contributed by atoms with Crippen molar-refractivity contribution >= 4 is 5.96 Å². The van der Waals surface area contributed by atoms with Crippen molar-refractivity contribution in [3.8, 4) is 0 Å².